The van der Waals surface area contributed by atoms with Gasteiger partial charge < -0.3 is 14.8 Å². The Morgan fingerprint density at radius 3 is 3.00 bits per heavy atom. The van der Waals surface area contributed by atoms with E-state index in [1.807, 2.05) is 41.1 Å². The molecule has 0 fully saturated rings. The molecule has 0 saturated heterocycles. The molecule has 0 aliphatic carbocycles. The number of anilines is 1. The Labute approximate surface area is 114 Å². The minimum atomic E-state index is -0.442. The molecule has 19 heavy (non-hydrogen) atoms. The van der Waals surface area contributed by atoms with Crippen LogP contribution in [0.5, 0.6) is 0 Å². The van der Waals surface area contributed by atoms with E-state index in [4.69, 9.17) is 4.42 Å². The number of benzene rings is 1. The molecule has 5 heteroatoms. The van der Waals surface area contributed by atoms with Gasteiger partial charge in [0.05, 0.1) is 6.10 Å². The highest BCUT2D eigenvalue weighted by molar-refractivity contribution is 7.07. The highest BCUT2D eigenvalue weighted by Gasteiger charge is 2.09. The van der Waals surface area contributed by atoms with Crippen molar-refractivity contribution in [2.24, 2.45) is 0 Å². The van der Waals surface area contributed by atoms with Crippen molar-refractivity contribution in [1.29, 1.82) is 0 Å². The fourth-order valence-electron chi connectivity index (χ4n) is 1.89. The standard InChI is InChI=1S/C14H14N2O2S/c17-12(10-6-8-19-9-10)5-7-15-14-16-11-3-1-2-4-13(11)18-14/h1-4,6,8-9,12,17H,5,7H2,(H,15,16). The van der Waals surface area contributed by atoms with Gasteiger partial charge in [-0.05, 0) is 40.9 Å². The summed E-state index contributed by atoms with van der Waals surface area (Å²) in [6, 6.07) is 10.1. The molecule has 1 atom stereocenters. The molecule has 2 N–H and O–H groups in total. The molecule has 3 rings (SSSR count). The number of aromatic nitrogens is 1. The summed E-state index contributed by atoms with van der Waals surface area (Å²) in [5.41, 5.74) is 2.57. The molecule has 0 aliphatic heterocycles. The van der Waals surface area contributed by atoms with Crippen molar-refractivity contribution in [2.45, 2.75) is 12.5 Å². The predicted molar refractivity (Wildman–Crippen MR) is 76.4 cm³/mol. The first-order chi connectivity index (χ1) is 9.33. The minimum Gasteiger partial charge on any atom is -0.424 e. The Morgan fingerprint density at radius 2 is 2.21 bits per heavy atom. The van der Waals surface area contributed by atoms with Crippen LogP contribution >= 0.6 is 11.3 Å². The van der Waals surface area contributed by atoms with Crippen LogP contribution in [0.25, 0.3) is 11.1 Å². The van der Waals surface area contributed by atoms with Crippen LogP contribution in [0.2, 0.25) is 0 Å². The molecular weight excluding hydrogens is 260 g/mol. The zero-order chi connectivity index (χ0) is 13.1. The summed E-state index contributed by atoms with van der Waals surface area (Å²) in [6.45, 7) is 0.615. The number of fused-ring (bicyclic) bond motifs is 1. The fraction of sp³-hybridized carbons (Fsp3) is 0.214. The van der Waals surface area contributed by atoms with Gasteiger partial charge in [0.1, 0.15) is 5.52 Å². The molecule has 2 heterocycles. The van der Waals surface area contributed by atoms with Crippen LogP contribution in [0, 0.1) is 0 Å². The van der Waals surface area contributed by atoms with E-state index in [2.05, 4.69) is 10.3 Å². The third-order valence-electron chi connectivity index (χ3n) is 2.92. The number of nitrogens with zero attached hydrogens (tertiary/aromatic N) is 1. The second kappa shape index (κ2) is 5.42. The number of aliphatic hydroxyl groups excluding tert-OH is 1. The predicted octanol–water partition coefficient (Wildman–Crippen LogP) is 3.42. The Balaban J connectivity index is 1.57. The number of hydrogen-bond acceptors (Lipinski definition) is 5. The van der Waals surface area contributed by atoms with E-state index in [9.17, 15) is 5.11 Å². The van der Waals surface area contributed by atoms with Crippen LogP contribution < -0.4 is 5.32 Å². The largest absolute Gasteiger partial charge is 0.424 e. The monoisotopic (exact) mass is 274 g/mol. The first kappa shape index (κ1) is 12.2. The Bertz CT molecular complexity index is 615. The number of rotatable bonds is 5. The van der Waals surface area contributed by atoms with E-state index in [1.54, 1.807) is 11.3 Å². The number of oxazole rings is 1. The number of aliphatic hydroxyl groups is 1. The first-order valence-corrected chi connectivity index (χ1v) is 7.07. The highest BCUT2D eigenvalue weighted by Crippen LogP contribution is 2.21. The number of para-hydroxylation sites is 2. The average molecular weight is 274 g/mol. The smallest absolute Gasteiger partial charge is 0.295 e. The molecule has 3 aromatic rings. The van der Waals surface area contributed by atoms with E-state index in [-0.39, 0.29) is 0 Å². The molecule has 1 unspecified atom stereocenters. The maximum atomic E-state index is 9.94. The Kier molecular flexibility index (Phi) is 3.48. The van der Waals surface area contributed by atoms with Gasteiger partial charge in [0.2, 0.25) is 0 Å². The molecule has 1 aromatic carbocycles. The van der Waals surface area contributed by atoms with Crippen LogP contribution in [-0.2, 0) is 0 Å². The third-order valence-corrected chi connectivity index (χ3v) is 3.62. The van der Waals surface area contributed by atoms with Gasteiger partial charge in [-0.15, -0.1) is 0 Å². The van der Waals surface area contributed by atoms with E-state index in [1.165, 1.54) is 0 Å². The van der Waals surface area contributed by atoms with Crippen LogP contribution in [0.4, 0.5) is 6.01 Å². The van der Waals surface area contributed by atoms with Gasteiger partial charge in [0.25, 0.3) is 6.01 Å². The maximum absolute atomic E-state index is 9.94. The highest BCUT2D eigenvalue weighted by atomic mass is 32.1. The van der Waals surface area contributed by atoms with E-state index < -0.39 is 6.10 Å². The van der Waals surface area contributed by atoms with Crippen LogP contribution in [-0.4, -0.2) is 16.6 Å². The second-order valence-electron chi connectivity index (χ2n) is 4.27. The van der Waals surface area contributed by atoms with Crippen LogP contribution in [0.3, 0.4) is 0 Å². The van der Waals surface area contributed by atoms with Gasteiger partial charge >= 0.3 is 0 Å². The van der Waals surface area contributed by atoms with Gasteiger partial charge in [0, 0.05) is 6.54 Å². The van der Waals surface area contributed by atoms with Gasteiger partial charge in [0.15, 0.2) is 5.58 Å². The lowest BCUT2D eigenvalue weighted by molar-refractivity contribution is 0.172. The quantitative estimate of drug-likeness (QED) is 0.748. The lowest BCUT2D eigenvalue weighted by atomic mass is 10.1. The number of thiophene rings is 1. The molecule has 2 aromatic heterocycles. The van der Waals surface area contributed by atoms with Gasteiger partial charge in [-0.2, -0.15) is 16.3 Å². The number of nitrogens with one attached hydrogen (secondary N) is 1. The van der Waals surface area contributed by atoms with E-state index in [0.717, 1.165) is 16.7 Å². The average Bonchev–Trinajstić information content (AvgIpc) is 3.07. The third kappa shape index (κ3) is 2.77. The normalized spacial score (nSPS) is 12.7. The molecule has 0 radical (unpaired) electrons. The van der Waals surface area contributed by atoms with Crippen molar-refractivity contribution in [3.05, 3.63) is 46.7 Å². The maximum Gasteiger partial charge on any atom is 0.295 e. The molecule has 98 valence electrons. The van der Waals surface area contributed by atoms with Gasteiger partial charge in [-0.25, -0.2) is 0 Å². The van der Waals surface area contributed by atoms with Gasteiger partial charge in [-0.3, -0.25) is 0 Å². The summed E-state index contributed by atoms with van der Waals surface area (Å²) < 4.78 is 5.54. The van der Waals surface area contributed by atoms with Crippen molar-refractivity contribution in [3.8, 4) is 0 Å². The Hall–Kier alpha value is -1.85. The topological polar surface area (TPSA) is 58.3 Å². The molecule has 0 spiro atoms. The molecule has 0 saturated carbocycles. The summed E-state index contributed by atoms with van der Waals surface area (Å²) >= 11 is 1.59. The molecule has 0 bridgehead atoms. The minimum absolute atomic E-state index is 0.442. The summed E-state index contributed by atoms with van der Waals surface area (Å²) in [7, 11) is 0. The van der Waals surface area contributed by atoms with Crippen molar-refractivity contribution < 1.29 is 9.52 Å². The van der Waals surface area contributed by atoms with Crippen molar-refractivity contribution >= 4 is 28.5 Å². The van der Waals surface area contributed by atoms with Crippen LogP contribution in [0.1, 0.15) is 18.1 Å². The second-order valence-corrected chi connectivity index (χ2v) is 5.05. The molecular formula is C14H14N2O2S. The van der Waals surface area contributed by atoms with Crippen molar-refractivity contribution in [1.82, 2.24) is 4.98 Å². The summed E-state index contributed by atoms with van der Waals surface area (Å²) in [5, 5.41) is 17.0. The zero-order valence-corrected chi connectivity index (χ0v) is 11.1. The summed E-state index contributed by atoms with van der Waals surface area (Å²) in [4.78, 5) is 4.31. The molecule has 4 nitrogen and oxygen atoms in total. The lowest BCUT2D eigenvalue weighted by Gasteiger charge is -2.08. The molecule has 0 aliphatic rings. The van der Waals surface area contributed by atoms with E-state index in [0.29, 0.717) is 19.0 Å². The number of hydrogen-bond donors (Lipinski definition) is 2. The molecule has 0 amide bonds. The van der Waals surface area contributed by atoms with E-state index >= 15 is 0 Å². The summed E-state index contributed by atoms with van der Waals surface area (Å²) in [5.74, 6) is 0. The van der Waals surface area contributed by atoms with Crippen molar-refractivity contribution in [2.75, 3.05) is 11.9 Å². The Morgan fingerprint density at radius 1 is 1.32 bits per heavy atom. The summed E-state index contributed by atoms with van der Waals surface area (Å²) in [6.07, 6.45) is 0.179. The zero-order valence-electron chi connectivity index (χ0n) is 10.2. The van der Waals surface area contributed by atoms with Crippen LogP contribution in [0.15, 0.2) is 45.5 Å². The fourth-order valence-corrected chi connectivity index (χ4v) is 2.60. The van der Waals surface area contributed by atoms with Crippen molar-refractivity contribution in [3.63, 3.8) is 0 Å². The van der Waals surface area contributed by atoms with Gasteiger partial charge in [-0.1, -0.05) is 12.1 Å². The lowest BCUT2D eigenvalue weighted by Crippen LogP contribution is -2.07. The SMILES string of the molecule is OC(CCNc1nc2ccccc2o1)c1ccsc1. The first-order valence-electron chi connectivity index (χ1n) is 6.12.